The lowest BCUT2D eigenvalue weighted by Crippen LogP contribution is -2.20. The molecule has 1 aliphatic rings. The van der Waals surface area contributed by atoms with E-state index in [0.29, 0.717) is 6.04 Å². The molecule has 18 heavy (non-hydrogen) atoms. The summed E-state index contributed by atoms with van der Waals surface area (Å²) in [6.07, 6.45) is 8.32. The Kier molecular flexibility index (Phi) is 3.11. The minimum Gasteiger partial charge on any atom is -0.330 e. The van der Waals surface area contributed by atoms with E-state index in [-0.39, 0.29) is 6.04 Å². The number of nitrogens with zero attached hydrogens (tertiary/aromatic N) is 3. The molecule has 4 nitrogen and oxygen atoms in total. The summed E-state index contributed by atoms with van der Waals surface area (Å²) in [5, 5.41) is 3.50. The predicted octanol–water partition coefficient (Wildman–Crippen LogP) is 2.46. The fourth-order valence-electron chi connectivity index (χ4n) is 2.14. The van der Waals surface area contributed by atoms with Gasteiger partial charge in [-0.2, -0.15) is 0 Å². The maximum Gasteiger partial charge on any atom is 0.0951 e. The molecule has 1 atom stereocenters. The molecule has 2 aromatic heterocycles. The summed E-state index contributed by atoms with van der Waals surface area (Å²) in [5.74, 6) is 0. The van der Waals surface area contributed by atoms with Crippen molar-refractivity contribution < 1.29 is 0 Å². The van der Waals surface area contributed by atoms with Crippen LogP contribution in [-0.4, -0.2) is 14.5 Å². The van der Waals surface area contributed by atoms with Crippen LogP contribution in [0.4, 0.5) is 0 Å². The smallest absolute Gasteiger partial charge is 0.0951 e. The second-order valence-corrected chi connectivity index (χ2v) is 4.88. The van der Waals surface area contributed by atoms with Gasteiger partial charge >= 0.3 is 0 Å². The highest BCUT2D eigenvalue weighted by Gasteiger charge is 2.25. The number of pyridine rings is 1. The summed E-state index contributed by atoms with van der Waals surface area (Å²) in [4.78, 5) is 8.60. The third-order valence-corrected chi connectivity index (χ3v) is 3.41. The standard InChI is InChI=1S/C14H18N4/c1-11(14-4-2-3-7-16-14)17-9-13-8-15-10-18(13)12-5-6-12/h2-4,7-8,10-12,17H,5-6,9H2,1H3. The van der Waals surface area contributed by atoms with Gasteiger partial charge in [0.2, 0.25) is 0 Å². The second-order valence-electron chi connectivity index (χ2n) is 4.88. The fourth-order valence-corrected chi connectivity index (χ4v) is 2.14. The van der Waals surface area contributed by atoms with Crippen LogP contribution in [0, 0.1) is 0 Å². The number of rotatable bonds is 5. The van der Waals surface area contributed by atoms with Gasteiger partial charge in [-0.1, -0.05) is 6.07 Å². The zero-order valence-electron chi connectivity index (χ0n) is 10.6. The van der Waals surface area contributed by atoms with Crippen molar-refractivity contribution in [1.29, 1.82) is 0 Å². The van der Waals surface area contributed by atoms with Gasteiger partial charge in [0.05, 0.1) is 17.7 Å². The van der Waals surface area contributed by atoms with Crippen LogP contribution in [0.1, 0.15) is 43.2 Å². The molecule has 1 aliphatic carbocycles. The second kappa shape index (κ2) is 4.90. The molecule has 1 N–H and O–H groups in total. The Balaban J connectivity index is 1.62. The van der Waals surface area contributed by atoms with Crippen LogP contribution in [0.15, 0.2) is 36.9 Å². The van der Waals surface area contributed by atoms with E-state index in [1.54, 1.807) is 0 Å². The Hall–Kier alpha value is -1.68. The zero-order chi connectivity index (χ0) is 12.4. The van der Waals surface area contributed by atoms with Gasteiger partial charge in [-0.3, -0.25) is 4.98 Å². The topological polar surface area (TPSA) is 42.7 Å². The van der Waals surface area contributed by atoms with Crippen LogP contribution in [0.3, 0.4) is 0 Å². The molecule has 94 valence electrons. The lowest BCUT2D eigenvalue weighted by Gasteiger charge is -2.14. The molecule has 1 fully saturated rings. The van der Waals surface area contributed by atoms with Gasteiger partial charge in [0.25, 0.3) is 0 Å². The Bertz CT molecular complexity index is 502. The first kappa shape index (κ1) is 11.4. The number of imidazole rings is 1. The highest BCUT2D eigenvalue weighted by molar-refractivity contribution is 5.09. The van der Waals surface area contributed by atoms with E-state index >= 15 is 0 Å². The van der Waals surface area contributed by atoms with E-state index in [4.69, 9.17) is 0 Å². The van der Waals surface area contributed by atoms with Crippen LogP contribution in [0.5, 0.6) is 0 Å². The molecule has 0 spiro atoms. The van der Waals surface area contributed by atoms with Crippen molar-refractivity contribution in [1.82, 2.24) is 19.9 Å². The molecule has 1 unspecified atom stereocenters. The first-order valence-electron chi connectivity index (χ1n) is 6.49. The van der Waals surface area contributed by atoms with Crippen LogP contribution in [0.2, 0.25) is 0 Å². The largest absolute Gasteiger partial charge is 0.330 e. The molecule has 1 saturated carbocycles. The van der Waals surface area contributed by atoms with Crippen molar-refractivity contribution >= 4 is 0 Å². The highest BCUT2D eigenvalue weighted by Crippen LogP contribution is 2.35. The van der Waals surface area contributed by atoms with E-state index in [1.165, 1.54) is 18.5 Å². The molecular formula is C14H18N4. The molecule has 3 rings (SSSR count). The third kappa shape index (κ3) is 2.43. The molecule has 0 radical (unpaired) electrons. The van der Waals surface area contributed by atoms with Gasteiger partial charge in [0.15, 0.2) is 0 Å². The Morgan fingerprint density at radius 1 is 1.44 bits per heavy atom. The van der Waals surface area contributed by atoms with Gasteiger partial charge in [0, 0.05) is 31.0 Å². The average Bonchev–Trinajstić information content (AvgIpc) is 3.16. The summed E-state index contributed by atoms with van der Waals surface area (Å²) in [5.41, 5.74) is 2.34. The van der Waals surface area contributed by atoms with Crippen LogP contribution >= 0.6 is 0 Å². The van der Waals surface area contributed by atoms with Crippen molar-refractivity contribution in [3.8, 4) is 0 Å². The molecule has 0 aromatic carbocycles. The molecular weight excluding hydrogens is 224 g/mol. The minimum atomic E-state index is 0.258. The van der Waals surface area contributed by atoms with Crippen molar-refractivity contribution in [2.24, 2.45) is 0 Å². The predicted molar refractivity (Wildman–Crippen MR) is 70.0 cm³/mol. The Morgan fingerprint density at radius 2 is 2.33 bits per heavy atom. The van der Waals surface area contributed by atoms with E-state index in [1.807, 2.05) is 30.9 Å². The summed E-state index contributed by atoms with van der Waals surface area (Å²) in [6.45, 7) is 2.98. The van der Waals surface area contributed by atoms with Crippen LogP contribution in [0.25, 0.3) is 0 Å². The van der Waals surface area contributed by atoms with Crippen molar-refractivity contribution in [2.45, 2.75) is 38.4 Å². The minimum absolute atomic E-state index is 0.258. The normalized spacial score (nSPS) is 16.7. The quantitative estimate of drug-likeness (QED) is 0.875. The van der Waals surface area contributed by atoms with Crippen molar-refractivity contribution in [2.75, 3.05) is 0 Å². The van der Waals surface area contributed by atoms with Gasteiger partial charge < -0.3 is 9.88 Å². The Morgan fingerprint density at radius 3 is 3.06 bits per heavy atom. The maximum atomic E-state index is 4.36. The first-order valence-corrected chi connectivity index (χ1v) is 6.49. The SMILES string of the molecule is CC(NCc1cncn1C1CC1)c1ccccn1. The average molecular weight is 242 g/mol. The van der Waals surface area contributed by atoms with E-state index in [9.17, 15) is 0 Å². The zero-order valence-corrected chi connectivity index (χ0v) is 10.6. The monoisotopic (exact) mass is 242 g/mol. The molecule has 0 saturated heterocycles. The van der Waals surface area contributed by atoms with E-state index < -0.39 is 0 Å². The summed E-state index contributed by atoms with van der Waals surface area (Å²) in [6, 6.07) is 6.96. The fraction of sp³-hybridized carbons (Fsp3) is 0.429. The lowest BCUT2D eigenvalue weighted by molar-refractivity contribution is 0.537. The molecule has 4 heteroatoms. The maximum absolute atomic E-state index is 4.36. The van der Waals surface area contributed by atoms with Gasteiger partial charge in [0.1, 0.15) is 0 Å². The summed E-state index contributed by atoms with van der Waals surface area (Å²) in [7, 11) is 0. The third-order valence-electron chi connectivity index (χ3n) is 3.41. The molecule has 2 aromatic rings. The number of hydrogen-bond donors (Lipinski definition) is 1. The van der Waals surface area contributed by atoms with E-state index in [2.05, 4.69) is 32.8 Å². The number of nitrogens with one attached hydrogen (secondary N) is 1. The van der Waals surface area contributed by atoms with Crippen LogP contribution < -0.4 is 5.32 Å². The first-order chi connectivity index (χ1) is 8.84. The summed E-state index contributed by atoms with van der Waals surface area (Å²) < 4.78 is 2.29. The number of hydrogen-bond acceptors (Lipinski definition) is 3. The number of aromatic nitrogens is 3. The van der Waals surface area contributed by atoms with Gasteiger partial charge in [-0.25, -0.2) is 4.98 Å². The van der Waals surface area contributed by atoms with Crippen molar-refractivity contribution in [3.63, 3.8) is 0 Å². The van der Waals surface area contributed by atoms with E-state index in [0.717, 1.165) is 12.2 Å². The lowest BCUT2D eigenvalue weighted by atomic mass is 10.2. The molecule has 0 aliphatic heterocycles. The van der Waals surface area contributed by atoms with Gasteiger partial charge in [-0.05, 0) is 31.9 Å². The van der Waals surface area contributed by atoms with Gasteiger partial charge in [-0.15, -0.1) is 0 Å². The van der Waals surface area contributed by atoms with Crippen LogP contribution in [-0.2, 0) is 6.54 Å². The molecule has 2 heterocycles. The van der Waals surface area contributed by atoms with Crippen molar-refractivity contribution in [3.05, 3.63) is 48.3 Å². The summed E-state index contributed by atoms with van der Waals surface area (Å²) >= 11 is 0. The Labute approximate surface area is 107 Å². The molecule has 0 bridgehead atoms. The molecule has 0 amide bonds. The highest BCUT2D eigenvalue weighted by atomic mass is 15.1.